The molecule has 0 atom stereocenters. The lowest BCUT2D eigenvalue weighted by Gasteiger charge is -2.41. The molecule has 3 rings (SSSR count). The Morgan fingerprint density at radius 3 is 2.48 bits per heavy atom. The Balaban J connectivity index is 1.71. The van der Waals surface area contributed by atoms with Gasteiger partial charge in [0.15, 0.2) is 0 Å². The van der Waals surface area contributed by atoms with E-state index in [-0.39, 0.29) is 41.5 Å². The van der Waals surface area contributed by atoms with Gasteiger partial charge in [-0.2, -0.15) is 18.2 Å². The standard InChI is InChI=1S/C23H26F4N4O2/c1-16(11-18(23(25,26)27)12-20(28)21-29-15-33-30-21)13-32-14-22(7-9-31(2)10-8-22)17-3-5-19(24)6-4-17/h3-6,11-12,15H,1,7-10,13-14,28H2,2H3/b18-11+,20-12-. The number of hydrogen-bond donors (Lipinski definition) is 1. The number of alkyl halides is 3. The Morgan fingerprint density at radius 2 is 1.91 bits per heavy atom. The van der Waals surface area contributed by atoms with Crippen molar-refractivity contribution in [2.75, 3.05) is 33.4 Å². The number of piperidine rings is 1. The quantitative estimate of drug-likeness (QED) is 0.463. The first kappa shape index (κ1) is 24.7. The van der Waals surface area contributed by atoms with Gasteiger partial charge in [0.2, 0.25) is 12.2 Å². The largest absolute Gasteiger partial charge is 0.416 e. The molecule has 0 amide bonds. The van der Waals surface area contributed by atoms with E-state index in [1.807, 2.05) is 7.05 Å². The van der Waals surface area contributed by atoms with E-state index in [0.717, 1.165) is 50.0 Å². The molecule has 1 aliphatic heterocycles. The maximum absolute atomic E-state index is 13.5. The van der Waals surface area contributed by atoms with E-state index in [2.05, 4.69) is 26.1 Å². The van der Waals surface area contributed by atoms with E-state index in [1.165, 1.54) is 12.1 Å². The van der Waals surface area contributed by atoms with E-state index in [4.69, 9.17) is 10.5 Å². The van der Waals surface area contributed by atoms with Crippen LogP contribution in [0.25, 0.3) is 5.70 Å². The molecule has 178 valence electrons. The SMILES string of the molecule is C=C(/C=C(\C=C(/N)c1ncon1)C(F)(F)F)COCC1(c2ccc(F)cc2)CCN(C)CC1. The van der Waals surface area contributed by atoms with Crippen molar-refractivity contribution in [2.45, 2.75) is 24.4 Å². The van der Waals surface area contributed by atoms with Crippen LogP contribution in [0.15, 0.2) is 65.1 Å². The predicted octanol–water partition coefficient (Wildman–Crippen LogP) is 4.23. The molecule has 1 saturated heterocycles. The minimum absolute atomic E-state index is 0.103. The van der Waals surface area contributed by atoms with Crippen molar-refractivity contribution in [3.63, 3.8) is 0 Å². The Labute approximate surface area is 189 Å². The molecule has 6 nitrogen and oxygen atoms in total. The summed E-state index contributed by atoms with van der Waals surface area (Å²) in [7, 11) is 2.02. The van der Waals surface area contributed by atoms with Gasteiger partial charge in [0.05, 0.1) is 24.5 Å². The molecule has 10 heteroatoms. The highest BCUT2D eigenvalue weighted by molar-refractivity contribution is 5.60. The molecule has 1 aromatic heterocycles. The predicted molar refractivity (Wildman–Crippen MR) is 115 cm³/mol. The van der Waals surface area contributed by atoms with Crippen LogP contribution in [-0.4, -0.2) is 54.6 Å². The highest BCUT2D eigenvalue weighted by Crippen LogP contribution is 2.36. The zero-order valence-corrected chi connectivity index (χ0v) is 18.2. The molecular formula is C23H26F4N4O2. The van der Waals surface area contributed by atoms with Gasteiger partial charge in [0, 0.05) is 5.41 Å². The maximum Gasteiger partial charge on any atom is 0.416 e. The summed E-state index contributed by atoms with van der Waals surface area (Å²) in [6.45, 7) is 5.54. The van der Waals surface area contributed by atoms with Gasteiger partial charge in [0.1, 0.15) is 5.82 Å². The first-order valence-electron chi connectivity index (χ1n) is 10.3. The molecule has 2 heterocycles. The number of halogens is 4. The molecule has 0 unspecified atom stereocenters. The monoisotopic (exact) mass is 466 g/mol. The van der Waals surface area contributed by atoms with Gasteiger partial charge in [-0.25, -0.2) is 4.39 Å². The van der Waals surface area contributed by atoms with Crippen LogP contribution in [0.1, 0.15) is 24.2 Å². The normalized spacial score (nSPS) is 17.8. The minimum Gasteiger partial charge on any atom is -0.396 e. The summed E-state index contributed by atoms with van der Waals surface area (Å²) in [5, 5.41) is 3.43. The summed E-state index contributed by atoms with van der Waals surface area (Å²) in [6.07, 6.45) is -0.510. The molecule has 2 aromatic rings. The van der Waals surface area contributed by atoms with Gasteiger partial charge in [-0.15, -0.1) is 0 Å². The van der Waals surface area contributed by atoms with Crippen LogP contribution in [0, 0.1) is 5.82 Å². The first-order chi connectivity index (χ1) is 15.6. The molecule has 1 aromatic carbocycles. The van der Waals surface area contributed by atoms with Crippen LogP contribution in [0.5, 0.6) is 0 Å². The van der Waals surface area contributed by atoms with E-state index in [1.54, 1.807) is 12.1 Å². The molecule has 0 aliphatic carbocycles. The van der Waals surface area contributed by atoms with Crippen molar-refractivity contribution >= 4 is 5.70 Å². The molecule has 1 fully saturated rings. The smallest absolute Gasteiger partial charge is 0.396 e. The van der Waals surface area contributed by atoms with Crippen molar-refractivity contribution in [2.24, 2.45) is 5.73 Å². The molecule has 0 saturated carbocycles. The average Bonchev–Trinajstić information content (AvgIpc) is 3.30. The van der Waals surface area contributed by atoms with Crippen molar-refractivity contribution in [1.82, 2.24) is 15.0 Å². The molecule has 0 radical (unpaired) electrons. The fraction of sp³-hybridized carbons (Fsp3) is 0.391. The molecule has 0 spiro atoms. The van der Waals surface area contributed by atoms with Crippen molar-refractivity contribution in [1.29, 1.82) is 0 Å². The van der Waals surface area contributed by atoms with E-state index < -0.39 is 11.7 Å². The zero-order chi connectivity index (χ0) is 24.1. The number of nitrogens with zero attached hydrogens (tertiary/aromatic N) is 3. The van der Waals surface area contributed by atoms with Crippen LogP contribution >= 0.6 is 0 Å². The van der Waals surface area contributed by atoms with Crippen LogP contribution in [0.2, 0.25) is 0 Å². The van der Waals surface area contributed by atoms with Gasteiger partial charge in [0.25, 0.3) is 0 Å². The highest BCUT2D eigenvalue weighted by atomic mass is 19.4. The van der Waals surface area contributed by atoms with Gasteiger partial charge in [-0.1, -0.05) is 23.9 Å². The number of ether oxygens (including phenoxy) is 1. The van der Waals surface area contributed by atoms with E-state index in [0.29, 0.717) is 0 Å². The summed E-state index contributed by atoms with van der Waals surface area (Å²) in [5.74, 6) is -0.468. The third kappa shape index (κ3) is 6.52. The van der Waals surface area contributed by atoms with Crippen LogP contribution < -0.4 is 5.73 Å². The van der Waals surface area contributed by atoms with E-state index in [9.17, 15) is 17.6 Å². The lowest BCUT2D eigenvalue weighted by molar-refractivity contribution is -0.0882. The van der Waals surface area contributed by atoms with Crippen molar-refractivity contribution < 1.29 is 26.8 Å². The first-order valence-corrected chi connectivity index (χ1v) is 10.3. The van der Waals surface area contributed by atoms with Crippen LogP contribution in [0.4, 0.5) is 17.6 Å². The maximum atomic E-state index is 13.5. The number of benzene rings is 1. The lowest BCUT2D eigenvalue weighted by atomic mass is 9.73. The second-order valence-electron chi connectivity index (χ2n) is 8.19. The fourth-order valence-electron chi connectivity index (χ4n) is 3.74. The number of likely N-dealkylation sites (tertiary alicyclic amines) is 1. The number of rotatable bonds is 8. The van der Waals surface area contributed by atoms with Crippen molar-refractivity contribution in [3.8, 4) is 0 Å². The Bertz CT molecular complexity index is 990. The van der Waals surface area contributed by atoms with Gasteiger partial charge in [-0.05, 0) is 68.4 Å². The number of allylic oxidation sites excluding steroid dienone is 2. The van der Waals surface area contributed by atoms with Crippen molar-refractivity contribution in [3.05, 3.63) is 77.7 Å². The Kier molecular flexibility index (Phi) is 7.70. The second-order valence-corrected chi connectivity index (χ2v) is 8.19. The summed E-state index contributed by atoms with van der Waals surface area (Å²) in [4.78, 5) is 5.83. The summed E-state index contributed by atoms with van der Waals surface area (Å²) >= 11 is 0. The zero-order valence-electron chi connectivity index (χ0n) is 18.2. The Hall–Kier alpha value is -2.98. The summed E-state index contributed by atoms with van der Waals surface area (Å²) in [5.41, 5.74) is 5.09. The van der Waals surface area contributed by atoms with Gasteiger partial charge >= 0.3 is 6.18 Å². The van der Waals surface area contributed by atoms with Crippen LogP contribution in [0.3, 0.4) is 0 Å². The second kappa shape index (κ2) is 10.3. The van der Waals surface area contributed by atoms with Gasteiger partial charge in [-0.3, -0.25) is 0 Å². The highest BCUT2D eigenvalue weighted by Gasteiger charge is 2.36. The molecule has 33 heavy (non-hydrogen) atoms. The van der Waals surface area contributed by atoms with Crippen LogP contribution in [-0.2, 0) is 10.2 Å². The topological polar surface area (TPSA) is 77.4 Å². The molecule has 1 aliphatic rings. The number of nitrogens with two attached hydrogens (primary N) is 1. The minimum atomic E-state index is -4.67. The molecule has 0 bridgehead atoms. The van der Waals surface area contributed by atoms with Gasteiger partial charge < -0.3 is 19.9 Å². The third-order valence-electron chi connectivity index (χ3n) is 5.68. The number of aromatic nitrogens is 2. The fourth-order valence-corrected chi connectivity index (χ4v) is 3.74. The van der Waals surface area contributed by atoms with E-state index >= 15 is 0 Å². The number of hydrogen-bond acceptors (Lipinski definition) is 6. The third-order valence-corrected chi connectivity index (χ3v) is 5.68. The molecular weight excluding hydrogens is 440 g/mol. The summed E-state index contributed by atoms with van der Waals surface area (Å²) < 4.78 is 64.3. The molecule has 2 N–H and O–H groups in total. The summed E-state index contributed by atoms with van der Waals surface area (Å²) in [6, 6.07) is 6.30. The average molecular weight is 466 g/mol. The lowest BCUT2D eigenvalue weighted by Crippen LogP contribution is -2.44. The Morgan fingerprint density at radius 1 is 1.24 bits per heavy atom.